The molecule has 1 heterocycles. The summed E-state index contributed by atoms with van der Waals surface area (Å²) in [5.41, 5.74) is 2.85. The Balaban J connectivity index is 0.00000119. The molecule has 184 valence electrons. The summed E-state index contributed by atoms with van der Waals surface area (Å²) in [6.45, 7) is 15.2. The van der Waals surface area contributed by atoms with Gasteiger partial charge in [0.1, 0.15) is 0 Å². The molecule has 0 aromatic heterocycles. The molecule has 2 heteroatoms. The molecule has 0 aromatic rings. The summed E-state index contributed by atoms with van der Waals surface area (Å²) in [5.74, 6) is 5.15. The number of fused-ring (bicyclic) bond motifs is 7. The van der Waals surface area contributed by atoms with Crippen LogP contribution in [0.15, 0.2) is 11.6 Å². The average molecular weight is 445 g/mol. The minimum Gasteiger partial charge on any atom is -0.385 e. The van der Waals surface area contributed by atoms with E-state index in [2.05, 4.69) is 33.8 Å². The van der Waals surface area contributed by atoms with E-state index in [-0.39, 0.29) is 0 Å². The number of rotatable bonds is 5. The second-order valence-corrected chi connectivity index (χ2v) is 12.5. The van der Waals surface area contributed by atoms with Crippen LogP contribution in [0.4, 0.5) is 0 Å². The van der Waals surface area contributed by atoms with Crippen molar-refractivity contribution in [1.29, 1.82) is 0 Å². The summed E-state index contributed by atoms with van der Waals surface area (Å²) in [7, 11) is 1.81. The Morgan fingerprint density at radius 3 is 2.59 bits per heavy atom. The van der Waals surface area contributed by atoms with Crippen molar-refractivity contribution in [1.82, 2.24) is 0 Å². The van der Waals surface area contributed by atoms with Crippen molar-refractivity contribution < 1.29 is 9.47 Å². The molecular weight excluding hydrogens is 392 g/mol. The van der Waals surface area contributed by atoms with E-state index in [0.717, 1.165) is 42.1 Å². The first kappa shape index (κ1) is 24.8. The maximum Gasteiger partial charge on any atom is 0.0618 e. The monoisotopic (exact) mass is 444 g/mol. The van der Waals surface area contributed by atoms with Gasteiger partial charge in [0.25, 0.3) is 0 Å². The molecule has 9 unspecified atom stereocenters. The molecule has 0 N–H and O–H groups in total. The summed E-state index contributed by atoms with van der Waals surface area (Å²) in [6, 6.07) is 0. The highest BCUT2D eigenvalue weighted by Crippen LogP contribution is 2.69. The molecule has 0 aromatic carbocycles. The van der Waals surface area contributed by atoms with Gasteiger partial charge in [-0.3, -0.25) is 0 Å². The van der Waals surface area contributed by atoms with Crippen LogP contribution < -0.4 is 0 Å². The lowest BCUT2D eigenvalue weighted by molar-refractivity contribution is -0.0541. The van der Waals surface area contributed by atoms with Crippen LogP contribution in [0.5, 0.6) is 0 Å². The van der Waals surface area contributed by atoms with E-state index >= 15 is 0 Å². The minimum atomic E-state index is 0.488. The molecule has 5 rings (SSSR count). The van der Waals surface area contributed by atoms with Crippen LogP contribution in [0.1, 0.15) is 106 Å². The van der Waals surface area contributed by atoms with Gasteiger partial charge in [-0.1, -0.05) is 53.2 Å². The van der Waals surface area contributed by atoms with E-state index in [4.69, 9.17) is 9.47 Å². The van der Waals surface area contributed by atoms with Crippen molar-refractivity contribution in [3.8, 4) is 0 Å². The third-order valence-electron chi connectivity index (χ3n) is 11.0. The molecule has 10 atom stereocenters. The Kier molecular flexibility index (Phi) is 7.53. The van der Waals surface area contributed by atoms with Crippen molar-refractivity contribution in [2.45, 2.75) is 118 Å². The Labute approximate surface area is 199 Å². The number of hydrogen-bond donors (Lipinski definition) is 0. The van der Waals surface area contributed by atoms with Gasteiger partial charge >= 0.3 is 0 Å². The fourth-order valence-electron chi connectivity index (χ4n) is 9.45. The molecule has 32 heavy (non-hydrogen) atoms. The average Bonchev–Trinajstić information content (AvgIpc) is 3.26. The summed E-state index contributed by atoms with van der Waals surface area (Å²) in [5, 5.41) is 0. The molecule has 0 amide bonds. The molecule has 2 nitrogen and oxygen atoms in total. The second kappa shape index (κ2) is 9.73. The zero-order chi connectivity index (χ0) is 23.1. The molecule has 0 spiro atoms. The van der Waals surface area contributed by atoms with Crippen molar-refractivity contribution in [2.75, 3.05) is 13.7 Å². The third kappa shape index (κ3) is 3.94. The molecule has 0 radical (unpaired) electrons. The molecule has 4 aliphatic carbocycles. The highest BCUT2D eigenvalue weighted by molar-refractivity contribution is 5.25. The van der Waals surface area contributed by atoms with Crippen LogP contribution >= 0.6 is 0 Å². The zero-order valence-electron chi connectivity index (χ0n) is 22.3. The topological polar surface area (TPSA) is 18.5 Å². The second-order valence-electron chi connectivity index (χ2n) is 12.5. The maximum atomic E-state index is 6.80. The predicted octanol–water partition coefficient (Wildman–Crippen LogP) is 8.06. The van der Waals surface area contributed by atoms with Crippen molar-refractivity contribution in [3.63, 3.8) is 0 Å². The van der Waals surface area contributed by atoms with E-state index in [1.165, 1.54) is 64.2 Å². The van der Waals surface area contributed by atoms with Crippen LogP contribution in [0.25, 0.3) is 0 Å². The third-order valence-corrected chi connectivity index (χ3v) is 11.0. The number of hydrogen-bond acceptors (Lipinski definition) is 2. The first-order chi connectivity index (χ1) is 15.4. The van der Waals surface area contributed by atoms with Gasteiger partial charge < -0.3 is 9.47 Å². The smallest absolute Gasteiger partial charge is 0.0618 e. The summed E-state index contributed by atoms with van der Waals surface area (Å²) in [6.07, 6.45) is 17.3. The van der Waals surface area contributed by atoms with Crippen LogP contribution in [0, 0.1) is 46.3 Å². The number of ether oxygens (including phenoxy) is 2. The van der Waals surface area contributed by atoms with Gasteiger partial charge in [-0.05, 0) is 111 Å². The van der Waals surface area contributed by atoms with E-state index in [0.29, 0.717) is 23.0 Å². The highest BCUT2D eigenvalue weighted by atomic mass is 16.5. The van der Waals surface area contributed by atoms with Gasteiger partial charge in [-0.2, -0.15) is 0 Å². The maximum absolute atomic E-state index is 6.80. The van der Waals surface area contributed by atoms with Crippen LogP contribution in [0.2, 0.25) is 0 Å². The zero-order valence-corrected chi connectivity index (χ0v) is 22.3. The normalized spacial score (nSPS) is 49.2. The van der Waals surface area contributed by atoms with E-state index in [9.17, 15) is 0 Å². The first-order valence-electron chi connectivity index (χ1n) is 14.2. The van der Waals surface area contributed by atoms with Gasteiger partial charge in [0.2, 0.25) is 0 Å². The fourth-order valence-corrected chi connectivity index (χ4v) is 9.45. The lowest BCUT2D eigenvalue weighted by Gasteiger charge is -2.58. The molecule has 1 aliphatic heterocycles. The molecule has 0 bridgehead atoms. The Hall–Kier alpha value is -0.340. The highest BCUT2D eigenvalue weighted by Gasteiger charge is 2.64. The van der Waals surface area contributed by atoms with Gasteiger partial charge in [-0.15, -0.1) is 0 Å². The summed E-state index contributed by atoms with van der Waals surface area (Å²) in [4.78, 5) is 0. The van der Waals surface area contributed by atoms with Crippen molar-refractivity contribution >= 4 is 0 Å². The molecular formula is C30H52O2. The van der Waals surface area contributed by atoms with Gasteiger partial charge in [-0.25, -0.2) is 0 Å². The Morgan fingerprint density at radius 2 is 1.84 bits per heavy atom. The summed E-state index contributed by atoms with van der Waals surface area (Å²) < 4.78 is 12.1. The van der Waals surface area contributed by atoms with E-state index < -0.39 is 0 Å². The van der Waals surface area contributed by atoms with Gasteiger partial charge in [0.05, 0.1) is 12.2 Å². The fraction of sp³-hybridized carbons (Fsp3) is 0.933. The first-order valence-corrected chi connectivity index (χ1v) is 14.2. The SMILES string of the molecule is CC.COCCCCC1OC2CC3C4CC=C5CC(C)CCC5(C)C4CCC3(C)C2[C@@H]1C. The summed E-state index contributed by atoms with van der Waals surface area (Å²) >= 11 is 0. The molecule has 3 saturated carbocycles. The lowest BCUT2D eigenvalue weighted by atomic mass is 9.46. The van der Waals surface area contributed by atoms with Crippen LogP contribution in [-0.4, -0.2) is 25.9 Å². The quantitative estimate of drug-likeness (QED) is 0.315. The number of unbranched alkanes of at least 4 members (excludes halogenated alkanes) is 1. The van der Waals surface area contributed by atoms with Gasteiger partial charge in [0.15, 0.2) is 0 Å². The van der Waals surface area contributed by atoms with Crippen LogP contribution in [-0.2, 0) is 9.47 Å². The number of allylic oxidation sites excluding steroid dienone is 2. The van der Waals surface area contributed by atoms with Crippen LogP contribution in [0.3, 0.4) is 0 Å². The minimum absolute atomic E-state index is 0.488. The van der Waals surface area contributed by atoms with E-state index in [1.54, 1.807) is 0 Å². The largest absolute Gasteiger partial charge is 0.385 e. The van der Waals surface area contributed by atoms with E-state index in [1.807, 2.05) is 26.5 Å². The molecule has 4 fully saturated rings. The standard InChI is InChI=1S/C28H46O2.C2H6/c1-18-11-13-27(3)20(16-18)9-10-21-22(27)12-14-28(4)23(21)17-25-26(28)19(2)24(30-25)8-6-7-15-29-5;1-2/h9,18-19,21-26H,6-8,10-17H2,1-5H3;1-2H3/t18?,19-,21?,22?,23?,24?,25?,26?,27?,28?;/m1./s1. The molecule has 1 saturated heterocycles. The Morgan fingerprint density at radius 1 is 1.06 bits per heavy atom. The number of methoxy groups -OCH3 is 1. The lowest BCUT2D eigenvalue weighted by Crippen LogP contribution is -2.50. The van der Waals surface area contributed by atoms with Crippen molar-refractivity contribution in [2.24, 2.45) is 46.3 Å². The predicted molar refractivity (Wildman–Crippen MR) is 135 cm³/mol. The van der Waals surface area contributed by atoms with Gasteiger partial charge in [0, 0.05) is 13.7 Å². The Bertz CT molecular complexity index is 670. The van der Waals surface area contributed by atoms with Crippen molar-refractivity contribution in [3.05, 3.63) is 11.6 Å². The molecule has 5 aliphatic rings.